The summed E-state index contributed by atoms with van der Waals surface area (Å²) in [6, 6.07) is 5.23. The summed E-state index contributed by atoms with van der Waals surface area (Å²) >= 11 is 12.3. The Hall–Kier alpha value is -2.44. The van der Waals surface area contributed by atoms with Gasteiger partial charge in [-0.1, -0.05) is 29.3 Å². The average molecular weight is 364 g/mol. The maximum absolute atomic E-state index is 11.0. The summed E-state index contributed by atoms with van der Waals surface area (Å²) in [5, 5.41) is 14.2. The van der Waals surface area contributed by atoms with Crippen molar-refractivity contribution in [3.63, 3.8) is 0 Å². The van der Waals surface area contributed by atoms with E-state index in [2.05, 4.69) is 10.1 Å². The molecule has 24 heavy (non-hydrogen) atoms. The lowest BCUT2D eigenvalue weighted by Crippen LogP contribution is -2.07. The molecule has 0 fully saturated rings. The van der Waals surface area contributed by atoms with E-state index in [9.17, 15) is 9.59 Å². The fraction of sp³-hybridized carbons (Fsp3) is 0.125. The molecule has 122 valence electrons. The number of halogens is 2. The van der Waals surface area contributed by atoms with Crippen LogP contribution in [0, 0.1) is 0 Å². The van der Waals surface area contributed by atoms with Crippen molar-refractivity contribution < 1.29 is 14.7 Å². The first-order valence-electron chi connectivity index (χ1n) is 7.01. The van der Waals surface area contributed by atoms with Gasteiger partial charge in [-0.05, 0) is 24.1 Å². The molecule has 2 aromatic heterocycles. The molecule has 1 aromatic carbocycles. The SMILES string of the molecule is O=CCCc1cc(-c2cnn(C(=O)O)c2)c2ccc(Cl)c(Cl)c2n1. The molecular weight excluding hydrogens is 353 g/mol. The van der Waals surface area contributed by atoms with E-state index >= 15 is 0 Å². The van der Waals surface area contributed by atoms with Gasteiger partial charge in [0.25, 0.3) is 0 Å². The standard InChI is InChI=1S/C16H11Cl2N3O3/c17-13-4-3-11-12(9-7-19-21(8-9)16(23)24)6-10(2-1-5-22)20-15(11)14(13)18/h3-8H,1-2H2,(H,23,24). The Morgan fingerprint density at radius 2 is 2.12 bits per heavy atom. The number of aromatic nitrogens is 3. The number of aldehydes is 1. The van der Waals surface area contributed by atoms with E-state index in [1.165, 1.54) is 12.4 Å². The Kier molecular flexibility index (Phi) is 4.51. The summed E-state index contributed by atoms with van der Waals surface area (Å²) in [5.74, 6) is 0. The summed E-state index contributed by atoms with van der Waals surface area (Å²) in [7, 11) is 0. The minimum absolute atomic E-state index is 0.314. The molecule has 0 amide bonds. The van der Waals surface area contributed by atoms with Crippen molar-refractivity contribution in [2.24, 2.45) is 0 Å². The van der Waals surface area contributed by atoms with Gasteiger partial charge in [-0.15, -0.1) is 0 Å². The van der Waals surface area contributed by atoms with Crippen molar-refractivity contribution in [2.75, 3.05) is 0 Å². The molecule has 0 unspecified atom stereocenters. The first-order chi connectivity index (χ1) is 11.5. The monoisotopic (exact) mass is 363 g/mol. The highest BCUT2D eigenvalue weighted by atomic mass is 35.5. The Balaban J connectivity index is 2.25. The van der Waals surface area contributed by atoms with Gasteiger partial charge in [0.05, 0.1) is 21.8 Å². The molecule has 0 aliphatic carbocycles. The highest BCUT2D eigenvalue weighted by molar-refractivity contribution is 6.45. The maximum atomic E-state index is 11.0. The zero-order valence-corrected chi connectivity index (χ0v) is 13.8. The van der Waals surface area contributed by atoms with Crippen molar-refractivity contribution in [3.05, 3.63) is 46.3 Å². The molecule has 8 heteroatoms. The predicted octanol–water partition coefficient (Wildman–Crippen LogP) is 4.06. The van der Waals surface area contributed by atoms with E-state index in [0.29, 0.717) is 39.7 Å². The molecule has 0 aliphatic heterocycles. The number of benzene rings is 1. The van der Waals surface area contributed by atoms with Crippen LogP contribution in [0.4, 0.5) is 4.79 Å². The van der Waals surface area contributed by atoms with Gasteiger partial charge in [0.1, 0.15) is 6.29 Å². The molecule has 0 spiro atoms. The summed E-state index contributed by atoms with van der Waals surface area (Å²) < 4.78 is 0.824. The van der Waals surface area contributed by atoms with E-state index in [0.717, 1.165) is 21.9 Å². The predicted molar refractivity (Wildman–Crippen MR) is 90.8 cm³/mol. The van der Waals surface area contributed by atoms with E-state index in [-0.39, 0.29) is 0 Å². The lowest BCUT2D eigenvalue weighted by atomic mass is 10.0. The molecule has 0 bridgehead atoms. The second-order valence-electron chi connectivity index (χ2n) is 5.08. The van der Waals surface area contributed by atoms with Crippen LogP contribution < -0.4 is 0 Å². The Morgan fingerprint density at radius 1 is 1.33 bits per heavy atom. The molecule has 6 nitrogen and oxygen atoms in total. The van der Waals surface area contributed by atoms with Crippen LogP contribution in [0.5, 0.6) is 0 Å². The number of carbonyl (C=O) groups is 2. The van der Waals surface area contributed by atoms with Crippen molar-refractivity contribution >= 4 is 46.5 Å². The lowest BCUT2D eigenvalue weighted by molar-refractivity contribution is -0.107. The summed E-state index contributed by atoms with van der Waals surface area (Å²) in [4.78, 5) is 26.2. The molecule has 3 rings (SSSR count). The molecule has 0 saturated heterocycles. The zero-order chi connectivity index (χ0) is 17.3. The fourth-order valence-corrected chi connectivity index (χ4v) is 2.79. The number of pyridine rings is 1. The van der Waals surface area contributed by atoms with Crippen LogP contribution >= 0.6 is 23.2 Å². The number of hydrogen-bond donors (Lipinski definition) is 1. The highest BCUT2D eigenvalue weighted by Crippen LogP contribution is 2.35. The van der Waals surface area contributed by atoms with Crippen LogP contribution in [0.1, 0.15) is 12.1 Å². The smallest absolute Gasteiger partial charge is 0.432 e. The van der Waals surface area contributed by atoms with Crippen LogP contribution in [0.2, 0.25) is 10.0 Å². The summed E-state index contributed by atoms with van der Waals surface area (Å²) in [6.07, 6.45) is 3.26. The summed E-state index contributed by atoms with van der Waals surface area (Å²) in [6.45, 7) is 0. The largest absolute Gasteiger partial charge is 0.463 e. The van der Waals surface area contributed by atoms with Gasteiger partial charge in [-0.25, -0.2) is 4.79 Å². The highest BCUT2D eigenvalue weighted by Gasteiger charge is 2.15. The Labute approximate surface area is 146 Å². The van der Waals surface area contributed by atoms with Gasteiger partial charge in [-0.3, -0.25) is 4.98 Å². The van der Waals surface area contributed by atoms with Crippen LogP contribution in [0.25, 0.3) is 22.0 Å². The van der Waals surface area contributed by atoms with Crippen molar-refractivity contribution in [3.8, 4) is 11.1 Å². The van der Waals surface area contributed by atoms with E-state index < -0.39 is 6.09 Å². The normalized spacial score (nSPS) is 10.9. The van der Waals surface area contributed by atoms with Gasteiger partial charge in [-0.2, -0.15) is 9.78 Å². The molecule has 1 N–H and O–H groups in total. The van der Waals surface area contributed by atoms with Crippen molar-refractivity contribution in [1.82, 2.24) is 14.8 Å². The van der Waals surface area contributed by atoms with Crippen LogP contribution in [-0.4, -0.2) is 32.3 Å². The lowest BCUT2D eigenvalue weighted by Gasteiger charge is -2.10. The minimum atomic E-state index is -1.18. The summed E-state index contributed by atoms with van der Waals surface area (Å²) in [5.41, 5.74) is 2.50. The number of fused-ring (bicyclic) bond motifs is 1. The number of aryl methyl sites for hydroxylation is 1. The zero-order valence-electron chi connectivity index (χ0n) is 12.2. The molecule has 0 aliphatic rings. The number of carbonyl (C=O) groups excluding carboxylic acids is 1. The van der Waals surface area contributed by atoms with Gasteiger partial charge < -0.3 is 9.90 Å². The van der Waals surface area contributed by atoms with Crippen molar-refractivity contribution in [1.29, 1.82) is 0 Å². The van der Waals surface area contributed by atoms with Gasteiger partial charge >= 0.3 is 6.09 Å². The average Bonchev–Trinajstić information content (AvgIpc) is 3.06. The first kappa shape index (κ1) is 16.4. The van der Waals surface area contributed by atoms with Crippen LogP contribution in [0.15, 0.2) is 30.6 Å². The van der Waals surface area contributed by atoms with Gasteiger partial charge in [0.2, 0.25) is 0 Å². The number of hydrogen-bond acceptors (Lipinski definition) is 4. The third-order valence-corrected chi connectivity index (χ3v) is 4.33. The number of rotatable bonds is 4. The van der Waals surface area contributed by atoms with Crippen molar-refractivity contribution in [2.45, 2.75) is 12.8 Å². The molecule has 2 heterocycles. The first-order valence-corrected chi connectivity index (χ1v) is 7.76. The molecule has 0 atom stereocenters. The number of carboxylic acid groups (broad SMARTS) is 1. The minimum Gasteiger partial charge on any atom is -0.463 e. The topological polar surface area (TPSA) is 85.1 Å². The van der Waals surface area contributed by atoms with E-state index in [1.807, 2.05) is 0 Å². The van der Waals surface area contributed by atoms with E-state index in [1.54, 1.807) is 18.2 Å². The quantitative estimate of drug-likeness (QED) is 0.706. The molecule has 3 aromatic rings. The maximum Gasteiger partial charge on any atom is 0.432 e. The molecule has 0 radical (unpaired) electrons. The number of nitrogens with zero attached hydrogens (tertiary/aromatic N) is 3. The molecule has 0 saturated carbocycles. The van der Waals surface area contributed by atoms with Gasteiger partial charge in [0, 0.05) is 29.3 Å². The van der Waals surface area contributed by atoms with Gasteiger partial charge in [0.15, 0.2) is 0 Å². The van der Waals surface area contributed by atoms with E-state index in [4.69, 9.17) is 28.3 Å². The third kappa shape index (κ3) is 2.98. The second kappa shape index (κ2) is 6.59. The third-order valence-electron chi connectivity index (χ3n) is 3.53. The van der Waals surface area contributed by atoms with Crippen LogP contribution in [-0.2, 0) is 11.2 Å². The van der Waals surface area contributed by atoms with Crippen LogP contribution in [0.3, 0.4) is 0 Å². The Morgan fingerprint density at radius 3 is 2.79 bits per heavy atom. The fourth-order valence-electron chi connectivity index (χ4n) is 2.43. The second-order valence-corrected chi connectivity index (χ2v) is 5.87. The molecular formula is C16H11Cl2N3O3. The Bertz CT molecular complexity index is 953.